The Morgan fingerprint density at radius 1 is 0.684 bits per heavy atom. The molecule has 0 aliphatic carbocycles. The van der Waals surface area contributed by atoms with E-state index in [2.05, 4.69) is 0 Å². The molecule has 0 heterocycles. The summed E-state index contributed by atoms with van der Waals surface area (Å²) >= 11 is 0. The van der Waals surface area contributed by atoms with E-state index in [1.165, 1.54) is 24.3 Å². The van der Waals surface area contributed by atoms with Crippen molar-refractivity contribution in [1.29, 1.82) is 0 Å². The molecule has 0 unspecified atom stereocenters. The molecule has 0 saturated heterocycles. The molecule has 19 heavy (non-hydrogen) atoms. The Morgan fingerprint density at radius 2 is 1.11 bits per heavy atom. The quantitative estimate of drug-likeness (QED) is 0.678. The Kier molecular flexibility index (Phi) is 3.77. The van der Waals surface area contributed by atoms with Crippen LogP contribution in [0.15, 0.2) is 36.4 Å². The van der Waals surface area contributed by atoms with Crippen LogP contribution < -0.4 is 0 Å². The van der Waals surface area contributed by atoms with Gasteiger partial charge in [-0.1, -0.05) is 0 Å². The van der Waals surface area contributed by atoms with Crippen molar-refractivity contribution < 1.29 is 25.2 Å². The summed E-state index contributed by atoms with van der Waals surface area (Å²) in [6.07, 6.45) is 0. The zero-order chi connectivity index (χ0) is 13.8. The second-order valence-corrected chi connectivity index (χ2v) is 4.12. The third kappa shape index (κ3) is 3.29. The molecule has 0 saturated carbocycles. The summed E-state index contributed by atoms with van der Waals surface area (Å²) in [4.78, 5) is 0. The van der Waals surface area contributed by atoms with Crippen LogP contribution in [0.1, 0.15) is 11.1 Å². The first kappa shape index (κ1) is 13.0. The highest BCUT2D eigenvalue weighted by molar-refractivity contribution is 5.39. The van der Waals surface area contributed by atoms with Gasteiger partial charge in [-0.3, -0.25) is 0 Å². The molecule has 0 aliphatic heterocycles. The summed E-state index contributed by atoms with van der Waals surface area (Å²) in [5, 5.41) is 37.4. The zero-order valence-electron chi connectivity index (χ0n) is 10.1. The molecule has 2 rings (SSSR count). The van der Waals surface area contributed by atoms with Crippen molar-refractivity contribution >= 4 is 0 Å². The van der Waals surface area contributed by atoms with E-state index in [1.54, 1.807) is 12.1 Å². The second kappa shape index (κ2) is 5.49. The largest absolute Gasteiger partial charge is 0.508 e. The maximum absolute atomic E-state index is 9.56. The standard InChI is InChI=1S/C14H14O5/c15-11-3-1-9(13(17)5-11)7-19-8-10-2-4-12(16)6-14(10)18/h1-6,15-18H,7-8H2. The lowest BCUT2D eigenvalue weighted by Gasteiger charge is -2.08. The average molecular weight is 262 g/mol. The van der Waals surface area contributed by atoms with Gasteiger partial charge in [0, 0.05) is 23.3 Å². The number of ether oxygens (including phenoxy) is 1. The third-order valence-corrected chi connectivity index (χ3v) is 2.65. The van der Waals surface area contributed by atoms with Crippen LogP contribution in [0.25, 0.3) is 0 Å². The number of hydrogen-bond acceptors (Lipinski definition) is 5. The summed E-state index contributed by atoms with van der Waals surface area (Å²) in [6.45, 7) is 0.291. The van der Waals surface area contributed by atoms with E-state index in [0.29, 0.717) is 11.1 Å². The minimum absolute atomic E-state index is 0.0163. The summed E-state index contributed by atoms with van der Waals surface area (Å²) in [7, 11) is 0. The molecule has 0 radical (unpaired) electrons. The molecule has 0 aliphatic rings. The van der Waals surface area contributed by atoms with E-state index >= 15 is 0 Å². The van der Waals surface area contributed by atoms with Gasteiger partial charge in [-0.05, 0) is 24.3 Å². The monoisotopic (exact) mass is 262 g/mol. The molecular formula is C14H14O5. The highest BCUT2D eigenvalue weighted by atomic mass is 16.5. The topological polar surface area (TPSA) is 90.2 Å². The predicted octanol–water partition coefficient (Wildman–Crippen LogP) is 2.23. The fraction of sp³-hybridized carbons (Fsp3) is 0.143. The first-order valence-electron chi connectivity index (χ1n) is 5.65. The van der Waals surface area contributed by atoms with Gasteiger partial charge < -0.3 is 25.2 Å². The number of hydrogen-bond donors (Lipinski definition) is 4. The lowest BCUT2D eigenvalue weighted by atomic mass is 10.2. The minimum atomic E-state index is -0.0464. The van der Waals surface area contributed by atoms with E-state index in [9.17, 15) is 10.2 Å². The second-order valence-electron chi connectivity index (χ2n) is 4.12. The van der Waals surface area contributed by atoms with Crippen molar-refractivity contribution in [2.75, 3.05) is 0 Å². The van der Waals surface area contributed by atoms with Crippen LogP contribution in [0.5, 0.6) is 23.0 Å². The Labute approximate surface area is 110 Å². The maximum atomic E-state index is 9.56. The summed E-state index contributed by atoms with van der Waals surface area (Å²) in [5.74, 6) is -0.125. The third-order valence-electron chi connectivity index (χ3n) is 2.65. The molecule has 0 amide bonds. The van der Waals surface area contributed by atoms with Gasteiger partial charge in [0.2, 0.25) is 0 Å². The molecule has 0 spiro atoms. The first-order chi connectivity index (χ1) is 9.06. The normalized spacial score (nSPS) is 10.5. The van der Waals surface area contributed by atoms with Gasteiger partial charge in [0.05, 0.1) is 13.2 Å². The number of aromatic hydroxyl groups is 4. The lowest BCUT2D eigenvalue weighted by Crippen LogP contribution is -1.95. The fourth-order valence-corrected chi connectivity index (χ4v) is 1.62. The van der Waals surface area contributed by atoms with Gasteiger partial charge in [-0.25, -0.2) is 0 Å². The Hall–Kier alpha value is -2.40. The van der Waals surface area contributed by atoms with Crippen LogP contribution >= 0.6 is 0 Å². The van der Waals surface area contributed by atoms with Crippen LogP contribution in [-0.4, -0.2) is 20.4 Å². The molecule has 0 aromatic heterocycles. The van der Waals surface area contributed by atoms with Gasteiger partial charge in [0.15, 0.2) is 0 Å². The van der Waals surface area contributed by atoms with Crippen LogP contribution in [0, 0.1) is 0 Å². The molecule has 5 heteroatoms. The number of rotatable bonds is 4. The van der Waals surface area contributed by atoms with E-state index in [4.69, 9.17) is 14.9 Å². The van der Waals surface area contributed by atoms with Gasteiger partial charge in [0.1, 0.15) is 23.0 Å². The summed E-state index contributed by atoms with van der Waals surface area (Å²) < 4.78 is 5.36. The molecule has 0 atom stereocenters. The predicted molar refractivity (Wildman–Crippen MR) is 68.0 cm³/mol. The van der Waals surface area contributed by atoms with Crippen molar-refractivity contribution in [2.24, 2.45) is 0 Å². The van der Waals surface area contributed by atoms with Crippen molar-refractivity contribution in [2.45, 2.75) is 13.2 Å². The van der Waals surface area contributed by atoms with E-state index < -0.39 is 0 Å². The highest BCUT2D eigenvalue weighted by Crippen LogP contribution is 2.25. The van der Waals surface area contributed by atoms with Crippen LogP contribution in [-0.2, 0) is 18.0 Å². The number of phenols is 4. The summed E-state index contributed by atoms with van der Waals surface area (Å²) in [6, 6.07) is 8.49. The van der Waals surface area contributed by atoms with Gasteiger partial charge in [0.25, 0.3) is 0 Å². The number of benzene rings is 2. The molecule has 5 nitrogen and oxygen atoms in total. The Bertz CT molecular complexity index is 529. The van der Waals surface area contributed by atoms with E-state index in [-0.39, 0.29) is 36.2 Å². The highest BCUT2D eigenvalue weighted by Gasteiger charge is 2.05. The molecule has 2 aromatic rings. The molecule has 0 bridgehead atoms. The minimum Gasteiger partial charge on any atom is -0.508 e. The first-order valence-corrected chi connectivity index (χ1v) is 5.65. The summed E-state index contributed by atoms with van der Waals surface area (Å²) in [5.41, 5.74) is 1.08. The SMILES string of the molecule is Oc1ccc(COCc2ccc(O)cc2O)c(O)c1. The van der Waals surface area contributed by atoms with Gasteiger partial charge in [-0.15, -0.1) is 0 Å². The molecule has 2 aromatic carbocycles. The lowest BCUT2D eigenvalue weighted by molar-refractivity contribution is 0.104. The van der Waals surface area contributed by atoms with Crippen molar-refractivity contribution in [3.05, 3.63) is 47.5 Å². The van der Waals surface area contributed by atoms with E-state index in [1.807, 2.05) is 0 Å². The average Bonchev–Trinajstić information content (AvgIpc) is 2.34. The van der Waals surface area contributed by atoms with Crippen LogP contribution in [0.3, 0.4) is 0 Å². The molecule has 4 N–H and O–H groups in total. The van der Waals surface area contributed by atoms with Crippen molar-refractivity contribution in [1.82, 2.24) is 0 Å². The van der Waals surface area contributed by atoms with Crippen LogP contribution in [0.4, 0.5) is 0 Å². The maximum Gasteiger partial charge on any atom is 0.124 e. The van der Waals surface area contributed by atoms with Crippen molar-refractivity contribution in [3.8, 4) is 23.0 Å². The van der Waals surface area contributed by atoms with Gasteiger partial charge >= 0.3 is 0 Å². The number of phenolic OH excluding ortho intramolecular Hbond substituents is 4. The zero-order valence-corrected chi connectivity index (χ0v) is 10.1. The van der Waals surface area contributed by atoms with Crippen molar-refractivity contribution in [3.63, 3.8) is 0 Å². The smallest absolute Gasteiger partial charge is 0.124 e. The fourth-order valence-electron chi connectivity index (χ4n) is 1.62. The molecular weight excluding hydrogens is 248 g/mol. The van der Waals surface area contributed by atoms with Gasteiger partial charge in [-0.2, -0.15) is 0 Å². The Morgan fingerprint density at radius 3 is 1.47 bits per heavy atom. The van der Waals surface area contributed by atoms with Crippen LogP contribution in [0.2, 0.25) is 0 Å². The molecule has 0 fully saturated rings. The molecule has 100 valence electrons. The van der Waals surface area contributed by atoms with E-state index in [0.717, 1.165) is 0 Å². The Balaban J connectivity index is 1.96.